The summed E-state index contributed by atoms with van der Waals surface area (Å²) in [5.74, 6) is 0. The maximum Gasteiger partial charge on any atom is 4.00 e. The molecule has 0 spiro atoms. The van der Waals surface area contributed by atoms with E-state index in [1.165, 1.54) is 22.3 Å². The van der Waals surface area contributed by atoms with Crippen LogP contribution in [-0.4, -0.2) is 19.9 Å². The molecule has 262 valence electrons. The van der Waals surface area contributed by atoms with Gasteiger partial charge in [-0.15, -0.1) is 0 Å². The van der Waals surface area contributed by atoms with Crippen molar-refractivity contribution < 1.29 is 17.1 Å². The van der Waals surface area contributed by atoms with Gasteiger partial charge in [0.25, 0.3) is 0 Å². The molecule has 0 atom stereocenters. The Morgan fingerprint density at radius 2 is 0.585 bits per heavy atom. The van der Waals surface area contributed by atoms with Gasteiger partial charge in [0.15, 0.2) is 0 Å². The van der Waals surface area contributed by atoms with Crippen molar-refractivity contribution >= 4 is 46.4 Å². The number of rotatable bonds is 0. The van der Waals surface area contributed by atoms with E-state index >= 15 is 0 Å². The van der Waals surface area contributed by atoms with Gasteiger partial charge in [0.05, 0.1) is 22.8 Å². The van der Waals surface area contributed by atoms with Crippen LogP contribution in [0.1, 0.15) is 45.0 Å². The second-order valence-corrected chi connectivity index (χ2v) is 12.2. The summed E-state index contributed by atoms with van der Waals surface area (Å²) in [6.07, 6.45) is 8.05. The Morgan fingerprint density at radius 3 is 0.830 bits per heavy atom. The second kappa shape index (κ2) is 21.4. The molecular weight excluding hydrogens is 688 g/mol. The predicted molar refractivity (Wildman–Crippen MR) is 219 cm³/mol. The number of benzene rings is 4. The van der Waals surface area contributed by atoms with Gasteiger partial charge in [-0.25, -0.2) is 9.97 Å². The van der Waals surface area contributed by atoms with Crippen molar-refractivity contribution in [1.29, 1.82) is 0 Å². The van der Waals surface area contributed by atoms with Gasteiger partial charge in [0, 0.05) is 22.1 Å². The summed E-state index contributed by atoms with van der Waals surface area (Å²) in [5.41, 5.74) is 13.0. The first kappa shape index (κ1) is 39.8. The Balaban J connectivity index is 0.000000176. The molecule has 0 fully saturated rings. The molecule has 5 heterocycles. The van der Waals surface area contributed by atoms with Crippen LogP contribution in [0.3, 0.4) is 0 Å². The normalized spacial score (nSPS) is 10.3. The van der Waals surface area contributed by atoms with E-state index in [-0.39, 0.29) is 17.1 Å². The summed E-state index contributed by atoms with van der Waals surface area (Å²) in [6.45, 7) is 8.25. The topological polar surface area (TPSA) is 57.4 Å². The van der Waals surface area contributed by atoms with Crippen LogP contribution in [0.2, 0.25) is 0 Å². The van der Waals surface area contributed by atoms with Gasteiger partial charge < -0.3 is 9.97 Å². The average molecular weight is 731 g/mol. The van der Waals surface area contributed by atoms with Crippen molar-refractivity contribution in [3.05, 3.63) is 215 Å². The molecule has 2 aliphatic heterocycles. The molecule has 0 saturated heterocycles. The zero-order chi connectivity index (χ0) is 36.4. The Labute approximate surface area is 324 Å². The minimum Gasteiger partial charge on any atom is -0.355 e. The van der Waals surface area contributed by atoms with Gasteiger partial charge in [-0.05, 0) is 72.8 Å². The van der Waals surface area contributed by atoms with Crippen molar-refractivity contribution in [3.63, 3.8) is 0 Å². The Hall–Kier alpha value is -6.00. The van der Waals surface area contributed by atoms with Crippen LogP contribution in [0.4, 0.5) is 0 Å². The van der Waals surface area contributed by atoms with E-state index in [4.69, 9.17) is 0 Å². The van der Waals surface area contributed by atoms with Crippen LogP contribution in [-0.2, 0) is 17.1 Å². The quantitative estimate of drug-likeness (QED) is 0.121. The molecule has 7 aromatic rings. The summed E-state index contributed by atoms with van der Waals surface area (Å²) >= 11 is 0. The molecule has 0 aliphatic carbocycles. The first-order valence-electron chi connectivity index (χ1n) is 17.1. The number of aromatic amines is 2. The Bertz CT molecular complexity index is 2090. The number of fused-ring (bicyclic) bond motifs is 8. The van der Waals surface area contributed by atoms with E-state index in [0.717, 1.165) is 44.8 Å². The molecule has 2 N–H and O–H groups in total. The molecule has 2 aliphatic rings. The van der Waals surface area contributed by atoms with Crippen molar-refractivity contribution in [2.45, 2.75) is 27.7 Å². The molecule has 53 heavy (non-hydrogen) atoms. The third-order valence-electron chi connectivity index (χ3n) is 7.58. The van der Waals surface area contributed by atoms with E-state index in [0.29, 0.717) is 0 Å². The van der Waals surface area contributed by atoms with Crippen molar-refractivity contribution in [2.75, 3.05) is 0 Å². The van der Waals surface area contributed by atoms with Crippen LogP contribution in [0, 0.1) is 52.0 Å². The van der Waals surface area contributed by atoms with Gasteiger partial charge in [-0.2, -0.15) is 144 Å². The first-order chi connectivity index (χ1) is 25.4. The van der Waals surface area contributed by atoms with Crippen molar-refractivity contribution in [1.82, 2.24) is 19.9 Å². The molecule has 0 unspecified atom stereocenters. The van der Waals surface area contributed by atoms with Crippen LogP contribution >= 0.6 is 0 Å². The van der Waals surface area contributed by atoms with Crippen LogP contribution in [0.5, 0.6) is 0 Å². The van der Waals surface area contributed by atoms with E-state index in [9.17, 15) is 0 Å². The third-order valence-corrected chi connectivity index (χ3v) is 7.58. The number of hydrogen-bond acceptors (Lipinski definition) is 2. The van der Waals surface area contributed by atoms with E-state index in [2.05, 4.69) is 102 Å². The van der Waals surface area contributed by atoms with Gasteiger partial charge in [0.2, 0.25) is 0 Å². The number of aromatic nitrogens is 4. The molecule has 9 rings (SSSR count). The number of hydrogen-bond donors (Lipinski definition) is 2. The maximum atomic E-state index is 4.62. The van der Waals surface area contributed by atoms with E-state index < -0.39 is 0 Å². The van der Waals surface area contributed by atoms with Crippen LogP contribution in [0.25, 0.3) is 46.4 Å². The number of aryl methyl sites for hydroxylation is 4. The molecule has 4 aromatic carbocycles. The van der Waals surface area contributed by atoms with Gasteiger partial charge >= 0.3 is 17.1 Å². The fourth-order valence-electron chi connectivity index (χ4n) is 4.82. The van der Waals surface area contributed by atoms with Gasteiger partial charge in [-0.1, -0.05) is 27.7 Å². The summed E-state index contributed by atoms with van der Waals surface area (Å²) in [6, 6.07) is 59.7. The monoisotopic (exact) mass is 730 g/mol. The Morgan fingerprint density at radius 1 is 0.340 bits per heavy atom. The van der Waals surface area contributed by atoms with Crippen molar-refractivity contribution in [3.8, 4) is 0 Å². The standard InChI is InChI=1S/C20H14N4.4C7H7.Fe/c1-2-14-10-16-5-6-18(23-16)12-20-8-7-19(24-20)11-17-4-3-15(22-17)9-13(1)21-14;4*1-7-5-3-2-4-6-7;/h1-12,21-22H;4*3-6H,1H3;/q;4*-1;+4. The van der Waals surface area contributed by atoms with Crippen molar-refractivity contribution in [2.24, 2.45) is 0 Å². The third kappa shape index (κ3) is 14.6. The minimum atomic E-state index is 0. The largest absolute Gasteiger partial charge is 4.00 e. The molecule has 0 saturated carbocycles. The predicted octanol–water partition coefficient (Wildman–Crippen LogP) is 11.8. The van der Waals surface area contributed by atoms with E-state index in [1.807, 2.05) is 140 Å². The summed E-state index contributed by atoms with van der Waals surface area (Å²) in [4.78, 5) is 16.0. The maximum absolute atomic E-state index is 4.62. The fraction of sp³-hybridized carbons (Fsp3) is 0.0833. The SMILES string of the molecule is C1=Cc2cc3ccc(cc4ccc(cc5nc(cc1n2)C=C5)[nH]4)[nH]3.Cc1cc[c-]cc1.Cc1cc[c-]cc1.Cc1cc[c-]cc1.Cc1cc[c-]cc1.[Fe+4]. The summed E-state index contributed by atoms with van der Waals surface area (Å²) in [7, 11) is 0. The zero-order valence-corrected chi connectivity index (χ0v) is 31.5. The van der Waals surface area contributed by atoms with Crippen LogP contribution < -0.4 is 0 Å². The molecule has 3 aromatic heterocycles. The van der Waals surface area contributed by atoms with Gasteiger partial charge in [-0.3, -0.25) is 0 Å². The number of nitrogens with one attached hydrogen (secondary N) is 2. The Kier molecular flexibility index (Phi) is 16.1. The fourth-order valence-corrected chi connectivity index (χ4v) is 4.82. The number of nitrogens with zero attached hydrogens (tertiary/aromatic N) is 2. The first-order valence-corrected chi connectivity index (χ1v) is 17.1. The molecular formula is C48H42FeN4. The average Bonchev–Trinajstić information content (AvgIpc) is 3.98. The summed E-state index contributed by atoms with van der Waals surface area (Å²) in [5, 5.41) is 0. The minimum absolute atomic E-state index is 0. The molecule has 0 amide bonds. The molecule has 5 heteroatoms. The smallest absolute Gasteiger partial charge is 0.355 e. The second-order valence-electron chi connectivity index (χ2n) is 12.2. The molecule has 8 bridgehead atoms. The van der Waals surface area contributed by atoms with Gasteiger partial charge in [0.1, 0.15) is 0 Å². The zero-order valence-electron chi connectivity index (χ0n) is 30.4. The van der Waals surface area contributed by atoms with E-state index in [1.54, 1.807) is 0 Å². The van der Waals surface area contributed by atoms with Crippen LogP contribution in [0.15, 0.2) is 146 Å². The summed E-state index contributed by atoms with van der Waals surface area (Å²) < 4.78 is 0. The molecule has 0 radical (unpaired) electrons. The number of H-pyrrole nitrogens is 2. The molecule has 4 nitrogen and oxygen atoms in total.